The molecule has 0 aromatic heterocycles. The van der Waals surface area contributed by atoms with Gasteiger partial charge in [-0.1, -0.05) is 42.5 Å². The summed E-state index contributed by atoms with van der Waals surface area (Å²) in [6.07, 6.45) is 0. The van der Waals surface area contributed by atoms with Gasteiger partial charge in [0.1, 0.15) is 0 Å². The number of benzene rings is 3. The van der Waals surface area contributed by atoms with E-state index in [0.29, 0.717) is 28.1 Å². The Kier molecular flexibility index (Phi) is 6.70. The van der Waals surface area contributed by atoms with Crippen molar-refractivity contribution in [3.05, 3.63) is 88.5 Å². The molecule has 0 aliphatic heterocycles. The predicted octanol–water partition coefficient (Wildman–Crippen LogP) is 3.94. The number of nitrogens with two attached hydrogens (primary N) is 1. The second-order valence-electron chi connectivity index (χ2n) is 7.70. The number of nitrogens with zero attached hydrogens (tertiary/aromatic N) is 1. The van der Waals surface area contributed by atoms with Crippen molar-refractivity contribution in [1.29, 1.82) is 0 Å². The van der Waals surface area contributed by atoms with Gasteiger partial charge in [-0.2, -0.15) is 0 Å². The number of ketones is 2. The van der Waals surface area contributed by atoms with Crippen molar-refractivity contribution in [2.45, 2.75) is 13.5 Å². The predicted molar refractivity (Wildman–Crippen MR) is 125 cm³/mol. The Labute approximate surface area is 186 Å². The number of anilines is 3. The third-order valence-corrected chi connectivity index (χ3v) is 4.88. The number of carboxylic acid groups (broad SMARTS) is 1. The maximum absolute atomic E-state index is 13.2. The van der Waals surface area contributed by atoms with Gasteiger partial charge in [0.25, 0.3) is 5.97 Å². The number of carboxylic acids is 1. The fourth-order valence-electron chi connectivity index (χ4n) is 3.62. The molecule has 4 rings (SSSR count). The van der Waals surface area contributed by atoms with Gasteiger partial charge >= 0.3 is 0 Å². The van der Waals surface area contributed by atoms with Gasteiger partial charge in [0.05, 0.1) is 16.8 Å². The lowest BCUT2D eigenvalue weighted by molar-refractivity contribution is -0.134. The monoisotopic (exact) mass is 431 g/mol. The number of carbonyl (C=O) groups excluding carboxylic acids is 2. The highest BCUT2D eigenvalue weighted by Crippen LogP contribution is 2.37. The van der Waals surface area contributed by atoms with Crippen LogP contribution in [0.1, 0.15) is 44.3 Å². The summed E-state index contributed by atoms with van der Waals surface area (Å²) < 4.78 is 0. The maximum atomic E-state index is 13.2. The molecule has 0 bridgehead atoms. The van der Waals surface area contributed by atoms with E-state index >= 15 is 0 Å². The molecule has 4 N–H and O–H groups in total. The summed E-state index contributed by atoms with van der Waals surface area (Å²) in [5, 5.41) is 10.8. The molecule has 0 spiro atoms. The number of para-hydroxylation sites is 1. The van der Waals surface area contributed by atoms with Crippen LogP contribution in [0.3, 0.4) is 0 Å². The van der Waals surface area contributed by atoms with Gasteiger partial charge < -0.3 is 21.1 Å². The smallest absolute Gasteiger partial charge is 0.300 e. The van der Waals surface area contributed by atoms with Gasteiger partial charge in [0.15, 0.2) is 11.6 Å². The van der Waals surface area contributed by atoms with Gasteiger partial charge in [0, 0.05) is 36.0 Å². The average Bonchev–Trinajstić information content (AvgIpc) is 2.74. The van der Waals surface area contributed by atoms with Crippen LogP contribution >= 0.6 is 0 Å². The molecule has 0 saturated carbocycles. The van der Waals surface area contributed by atoms with Crippen LogP contribution in [-0.2, 0) is 11.3 Å². The molecule has 164 valence electrons. The Morgan fingerprint density at radius 2 is 1.41 bits per heavy atom. The van der Waals surface area contributed by atoms with Crippen LogP contribution in [0.4, 0.5) is 17.1 Å². The minimum atomic E-state index is -0.833. The number of nitrogens with one attached hydrogen (secondary N) is 1. The van der Waals surface area contributed by atoms with E-state index in [-0.39, 0.29) is 17.1 Å². The molecule has 1 aliphatic rings. The molecule has 7 nitrogen and oxygen atoms in total. The highest BCUT2D eigenvalue weighted by atomic mass is 16.4. The molecule has 3 aromatic rings. The van der Waals surface area contributed by atoms with Gasteiger partial charge in [-0.25, -0.2) is 0 Å². The van der Waals surface area contributed by atoms with Gasteiger partial charge in [0.2, 0.25) is 0 Å². The number of hydrogen-bond donors (Lipinski definition) is 3. The first kappa shape index (κ1) is 22.7. The second kappa shape index (κ2) is 9.45. The first-order valence-electron chi connectivity index (χ1n) is 10.0. The Balaban J connectivity index is 0.000000668. The number of hydrogen-bond acceptors (Lipinski definition) is 6. The highest BCUT2D eigenvalue weighted by molar-refractivity contribution is 6.31. The molecule has 0 saturated heterocycles. The number of aliphatic carboxylic acids is 1. The van der Waals surface area contributed by atoms with Gasteiger partial charge in [-0.05, 0) is 37.9 Å². The third kappa shape index (κ3) is 4.68. The average molecular weight is 431 g/mol. The van der Waals surface area contributed by atoms with Crippen molar-refractivity contribution in [3.8, 4) is 0 Å². The van der Waals surface area contributed by atoms with E-state index in [4.69, 9.17) is 15.6 Å². The summed E-state index contributed by atoms with van der Waals surface area (Å²) in [6, 6.07) is 18.2. The first-order valence-corrected chi connectivity index (χ1v) is 10.0. The van der Waals surface area contributed by atoms with Crippen LogP contribution in [0.5, 0.6) is 0 Å². The van der Waals surface area contributed by atoms with Crippen LogP contribution in [0.15, 0.2) is 60.7 Å². The van der Waals surface area contributed by atoms with Crippen molar-refractivity contribution < 1.29 is 19.5 Å². The number of carbonyl (C=O) groups is 3. The van der Waals surface area contributed by atoms with E-state index < -0.39 is 5.97 Å². The lowest BCUT2D eigenvalue weighted by atomic mass is 9.82. The van der Waals surface area contributed by atoms with Crippen molar-refractivity contribution in [2.24, 2.45) is 0 Å². The number of rotatable bonds is 4. The molecule has 0 unspecified atom stereocenters. The molecular formula is C25H25N3O4. The Hall–Kier alpha value is -3.97. The molecule has 32 heavy (non-hydrogen) atoms. The van der Waals surface area contributed by atoms with E-state index in [1.54, 1.807) is 36.4 Å². The summed E-state index contributed by atoms with van der Waals surface area (Å²) in [6.45, 7) is 1.83. The lowest BCUT2D eigenvalue weighted by Crippen LogP contribution is -2.23. The Bertz CT molecular complexity index is 1200. The normalized spacial score (nSPS) is 11.9. The van der Waals surface area contributed by atoms with Crippen LogP contribution in [0, 0.1) is 0 Å². The van der Waals surface area contributed by atoms with E-state index in [0.717, 1.165) is 24.7 Å². The van der Waals surface area contributed by atoms with E-state index in [2.05, 4.69) is 10.2 Å². The summed E-state index contributed by atoms with van der Waals surface area (Å²) in [4.78, 5) is 37.3. The molecule has 0 fully saturated rings. The van der Waals surface area contributed by atoms with Crippen molar-refractivity contribution in [2.75, 3.05) is 25.1 Å². The van der Waals surface area contributed by atoms with Crippen molar-refractivity contribution >= 4 is 34.6 Å². The Morgan fingerprint density at radius 3 is 2.00 bits per heavy atom. The quantitative estimate of drug-likeness (QED) is 0.420. The molecule has 0 amide bonds. The lowest BCUT2D eigenvalue weighted by Gasteiger charge is -2.23. The molecule has 7 heteroatoms. The minimum Gasteiger partial charge on any atom is -0.481 e. The molecule has 0 radical (unpaired) electrons. The zero-order chi connectivity index (χ0) is 23.4. The van der Waals surface area contributed by atoms with Crippen molar-refractivity contribution in [1.82, 2.24) is 4.90 Å². The molecule has 1 aliphatic carbocycles. The van der Waals surface area contributed by atoms with E-state index in [9.17, 15) is 9.59 Å². The fourth-order valence-corrected chi connectivity index (χ4v) is 3.62. The minimum absolute atomic E-state index is 0.190. The molecular weight excluding hydrogens is 406 g/mol. The summed E-state index contributed by atoms with van der Waals surface area (Å²) in [5.41, 5.74) is 10.4. The van der Waals surface area contributed by atoms with Crippen LogP contribution in [-0.4, -0.2) is 41.6 Å². The summed E-state index contributed by atoms with van der Waals surface area (Å²) in [5.74, 6) is -1.24. The standard InChI is InChI=1S/C23H21N3O2.C2H4O2/c1-26(2)13-14-7-3-6-10-18(14)25-19-12-11-17(24)20-21(19)23(28)16-9-5-4-8-15(16)22(20)27;1-2(3)4/h3-12,25H,13,24H2,1-2H3;1H3,(H,3,4). The first-order chi connectivity index (χ1) is 15.2. The van der Waals surface area contributed by atoms with Gasteiger partial charge in [-0.3, -0.25) is 14.4 Å². The van der Waals surface area contributed by atoms with Gasteiger partial charge in [-0.15, -0.1) is 0 Å². The topological polar surface area (TPSA) is 113 Å². The largest absolute Gasteiger partial charge is 0.481 e. The second-order valence-corrected chi connectivity index (χ2v) is 7.70. The molecule has 0 atom stereocenters. The summed E-state index contributed by atoms with van der Waals surface area (Å²) >= 11 is 0. The zero-order valence-electron chi connectivity index (χ0n) is 18.2. The van der Waals surface area contributed by atoms with Crippen LogP contribution in [0.25, 0.3) is 0 Å². The maximum Gasteiger partial charge on any atom is 0.300 e. The number of fused-ring (bicyclic) bond motifs is 2. The molecule has 0 heterocycles. The fraction of sp³-hybridized carbons (Fsp3) is 0.160. The van der Waals surface area contributed by atoms with E-state index in [1.165, 1.54) is 0 Å². The van der Waals surface area contributed by atoms with Crippen molar-refractivity contribution in [3.63, 3.8) is 0 Å². The summed E-state index contributed by atoms with van der Waals surface area (Å²) in [7, 11) is 4.00. The van der Waals surface area contributed by atoms with Crippen LogP contribution < -0.4 is 11.1 Å². The SMILES string of the molecule is CC(=O)O.CN(C)Cc1ccccc1Nc1ccc(N)c2c1C(=O)c1ccccc1C2=O. The number of nitrogen functional groups attached to an aromatic ring is 1. The van der Waals surface area contributed by atoms with E-state index in [1.807, 2.05) is 38.4 Å². The highest BCUT2D eigenvalue weighted by Gasteiger charge is 2.33. The van der Waals surface area contributed by atoms with Crippen LogP contribution in [0.2, 0.25) is 0 Å². The zero-order valence-corrected chi connectivity index (χ0v) is 18.2. The molecule has 3 aromatic carbocycles. The third-order valence-electron chi connectivity index (χ3n) is 4.88. The Morgan fingerprint density at radius 1 is 0.875 bits per heavy atom.